The lowest BCUT2D eigenvalue weighted by Gasteiger charge is -2.28. The highest BCUT2D eigenvalue weighted by Crippen LogP contribution is 2.26. The van der Waals surface area contributed by atoms with Crippen LogP contribution in [-0.4, -0.2) is 48.6 Å². The number of benzene rings is 1. The molecule has 2 aliphatic rings. The molecule has 8 nitrogen and oxygen atoms in total. The molecule has 2 unspecified atom stereocenters. The van der Waals surface area contributed by atoms with Gasteiger partial charge in [0.05, 0.1) is 22.1 Å². The number of carbonyl (C=O) groups excluding carboxylic acids is 3. The molecule has 0 radical (unpaired) electrons. The zero-order chi connectivity index (χ0) is 23.4. The maximum atomic E-state index is 12.5. The van der Waals surface area contributed by atoms with Gasteiger partial charge in [-0.05, 0) is 69.5 Å². The minimum Gasteiger partial charge on any atom is -0.368 e. The Labute approximate surface area is 192 Å². The van der Waals surface area contributed by atoms with Crippen LogP contribution in [0.2, 0.25) is 0 Å². The van der Waals surface area contributed by atoms with Crippen molar-refractivity contribution in [3.8, 4) is 0 Å². The molecule has 3 rings (SSSR count). The van der Waals surface area contributed by atoms with Gasteiger partial charge >= 0.3 is 0 Å². The molecule has 2 amide bonds. The van der Waals surface area contributed by atoms with Crippen molar-refractivity contribution in [2.24, 2.45) is 10.7 Å². The first-order valence-corrected chi connectivity index (χ1v) is 10.9. The van der Waals surface area contributed by atoms with Crippen molar-refractivity contribution in [2.75, 3.05) is 18.1 Å². The number of halogens is 1. The second-order valence-electron chi connectivity index (χ2n) is 7.69. The van der Waals surface area contributed by atoms with E-state index in [1.54, 1.807) is 26.0 Å². The average Bonchev–Trinajstić information content (AvgIpc) is 3.32. The normalized spacial score (nSPS) is 20.9. The number of nitrogens with zero attached hydrogens (tertiary/aromatic N) is 2. The third-order valence-corrected chi connectivity index (χ3v) is 6.02. The Balaban J connectivity index is 1.85. The second-order valence-corrected chi connectivity index (χ2v) is 8.07. The van der Waals surface area contributed by atoms with E-state index in [9.17, 15) is 14.4 Å². The lowest BCUT2D eigenvalue weighted by Crippen LogP contribution is -2.42. The highest BCUT2D eigenvalue weighted by Gasteiger charge is 2.29. The van der Waals surface area contributed by atoms with Crippen molar-refractivity contribution in [2.45, 2.75) is 45.8 Å². The first-order valence-electron chi connectivity index (χ1n) is 10.5. The number of hydrogen-bond acceptors (Lipinski definition) is 6. The molecular weight excluding hydrogens is 432 g/mol. The van der Waals surface area contributed by atoms with Crippen LogP contribution in [0, 0.1) is 0 Å². The number of carbonyl (C=O) groups is 3. The van der Waals surface area contributed by atoms with Crippen LogP contribution in [0.25, 0.3) is 0 Å². The number of ketones is 1. The summed E-state index contributed by atoms with van der Waals surface area (Å²) in [5, 5.41) is 2.64. The smallest absolute Gasteiger partial charge is 0.253 e. The predicted octanol–water partition coefficient (Wildman–Crippen LogP) is 2.73. The third kappa shape index (κ3) is 5.08. The van der Waals surface area contributed by atoms with Crippen LogP contribution >= 0.6 is 11.6 Å². The standard InChI is InChI=1S/C23H27ClN4O4/c1-4-28(14(3)22(25)30)16-9-7-15(8-10-16)26-17-12-18(21(29)20(24)13(17)2)27-23(31)19-6-5-11-32-19/h7-10,12,14,19H,4-6,11H2,1-3H3,(H2,25,30)(H,27,31). The summed E-state index contributed by atoms with van der Waals surface area (Å²) >= 11 is 6.24. The molecule has 9 heteroatoms. The number of nitrogens with one attached hydrogen (secondary N) is 1. The molecule has 170 valence electrons. The fourth-order valence-corrected chi connectivity index (χ4v) is 3.81. The fourth-order valence-electron chi connectivity index (χ4n) is 3.61. The first-order chi connectivity index (χ1) is 15.2. The number of nitrogens with two attached hydrogens (primary N) is 1. The first kappa shape index (κ1) is 23.7. The SMILES string of the molecule is CCN(c1ccc(N=C2C=C(NC(=O)C3CCCO3)C(=O)C(Cl)=C2C)cc1)C(C)C(N)=O. The van der Waals surface area contributed by atoms with E-state index in [0.29, 0.717) is 36.5 Å². The number of Topliss-reactive ketones (excluding diaryl/α,β-unsaturated/α-hetero) is 1. The van der Waals surface area contributed by atoms with Gasteiger partial charge < -0.3 is 20.7 Å². The van der Waals surface area contributed by atoms with Crippen LogP contribution in [0.3, 0.4) is 0 Å². The van der Waals surface area contributed by atoms with E-state index in [4.69, 9.17) is 22.1 Å². The molecule has 1 saturated heterocycles. The Morgan fingerprint density at radius 2 is 2.03 bits per heavy atom. The maximum absolute atomic E-state index is 12.5. The van der Waals surface area contributed by atoms with Gasteiger partial charge in [-0.25, -0.2) is 4.99 Å². The number of anilines is 1. The van der Waals surface area contributed by atoms with E-state index in [2.05, 4.69) is 10.3 Å². The molecule has 1 heterocycles. The molecule has 1 aliphatic carbocycles. The topological polar surface area (TPSA) is 114 Å². The number of aliphatic imine (C=N–C) groups is 1. The van der Waals surface area contributed by atoms with Gasteiger partial charge in [-0.1, -0.05) is 11.6 Å². The average molecular weight is 459 g/mol. The van der Waals surface area contributed by atoms with Gasteiger partial charge in [0, 0.05) is 18.8 Å². The predicted molar refractivity (Wildman–Crippen MR) is 124 cm³/mol. The Kier molecular flexibility index (Phi) is 7.48. The molecule has 3 N–H and O–H groups in total. The number of amides is 2. The minimum absolute atomic E-state index is 0.0120. The summed E-state index contributed by atoms with van der Waals surface area (Å²) in [5.41, 5.74) is 7.98. The second kappa shape index (κ2) is 10.1. The van der Waals surface area contributed by atoms with E-state index in [1.165, 1.54) is 6.08 Å². The third-order valence-electron chi connectivity index (χ3n) is 5.57. The molecule has 1 aromatic carbocycles. The molecule has 1 aromatic rings. The Morgan fingerprint density at radius 1 is 1.34 bits per heavy atom. The van der Waals surface area contributed by atoms with Gasteiger partial charge in [0.2, 0.25) is 11.7 Å². The molecule has 1 aliphatic heterocycles. The molecule has 0 bridgehead atoms. The van der Waals surface area contributed by atoms with Gasteiger partial charge in [-0.2, -0.15) is 0 Å². The number of primary amides is 1. The Bertz CT molecular complexity index is 1010. The summed E-state index contributed by atoms with van der Waals surface area (Å²) in [6.07, 6.45) is 2.39. The maximum Gasteiger partial charge on any atom is 0.253 e. The zero-order valence-electron chi connectivity index (χ0n) is 18.4. The molecular formula is C23H27ClN4O4. The summed E-state index contributed by atoms with van der Waals surface area (Å²) in [6.45, 7) is 6.55. The number of hydrogen-bond donors (Lipinski definition) is 2. The van der Waals surface area contributed by atoms with Crippen molar-refractivity contribution >= 4 is 46.3 Å². The molecule has 0 saturated carbocycles. The van der Waals surface area contributed by atoms with Gasteiger partial charge in [0.25, 0.3) is 5.91 Å². The van der Waals surface area contributed by atoms with Crippen molar-refractivity contribution in [3.05, 3.63) is 46.6 Å². The van der Waals surface area contributed by atoms with E-state index in [0.717, 1.165) is 12.1 Å². The lowest BCUT2D eigenvalue weighted by molar-refractivity contribution is -0.130. The van der Waals surface area contributed by atoms with Crippen molar-refractivity contribution in [1.29, 1.82) is 0 Å². The van der Waals surface area contributed by atoms with E-state index in [1.807, 2.05) is 24.0 Å². The quantitative estimate of drug-likeness (QED) is 0.610. The molecule has 1 fully saturated rings. The minimum atomic E-state index is -0.563. The van der Waals surface area contributed by atoms with Gasteiger partial charge in [-0.15, -0.1) is 0 Å². The summed E-state index contributed by atoms with van der Waals surface area (Å²) in [5.74, 6) is -1.22. The molecule has 2 atom stereocenters. The fraction of sp³-hybridized carbons (Fsp3) is 0.391. The van der Waals surface area contributed by atoms with Crippen molar-refractivity contribution in [3.63, 3.8) is 0 Å². The van der Waals surface area contributed by atoms with Crippen molar-refractivity contribution < 1.29 is 19.1 Å². The zero-order valence-corrected chi connectivity index (χ0v) is 19.1. The van der Waals surface area contributed by atoms with Crippen LogP contribution in [0.1, 0.15) is 33.6 Å². The molecule has 0 aromatic heterocycles. The summed E-state index contributed by atoms with van der Waals surface area (Å²) < 4.78 is 5.37. The van der Waals surface area contributed by atoms with Crippen molar-refractivity contribution in [1.82, 2.24) is 5.32 Å². The largest absolute Gasteiger partial charge is 0.368 e. The van der Waals surface area contributed by atoms with E-state index < -0.39 is 23.8 Å². The summed E-state index contributed by atoms with van der Waals surface area (Å²) in [7, 11) is 0. The number of likely N-dealkylation sites (N-methyl/N-ethyl adjacent to an activating group) is 1. The summed E-state index contributed by atoms with van der Waals surface area (Å²) in [4.78, 5) is 43.0. The van der Waals surface area contributed by atoms with E-state index in [-0.39, 0.29) is 16.6 Å². The number of allylic oxidation sites excluding steroid dienone is 3. The number of rotatable bonds is 7. The Hall–Kier alpha value is -2.97. The van der Waals surface area contributed by atoms with Gasteiger partial charge in [-0.3, -0.25) is 14.4 Å². The molecule has 32 heavy (non-hydrogen) atoms. The molecule has 0 spiro atoms. The monoisotopic (exact) mass is 458 g/mol. The van der Waals surface area contributed by atoms with Crippen LogP contribution in [-0.2, 0) is 19.1 Å². The Morgan fingerprint density at radius 3 is 2.59 bits per heavy atom. The highest BCUT2D eigenvalue weighted by molar-refractivity contribution is 6.49. The van der Waals surface area contributed by atoms with Gasteiger partial charge in [0.15, 0.2) is 0 Å². The number of ether oxygens (including phenoxy) is 1. The highest BCUT2D eigenvalue weighted by atomic mass is 35.5. The van der Waals surface area contributed by atoms with Crippen LogP contribution in [0.15, 0.2) is 51.6 Å². The van der Waals surface area contributed by atoms with Crippen LogP contribution in [0.5, 0.6) is 0 Å². The van der Waals surface area contributed by atoms with E-state index >= 15 is 0 Å². The van der Waals surface area contributed by atoms with Crippen LogP contribution < -0.4 is 16.0 Å². The lowest BCUT2D eigenvalue weighted by atomic mass is 10.0. The summed E-state index contributed by atoms with van der Waals surface area (Å²) in [6, 6.07) is 6.86. The van der Waals surface area contributed by atoms with Crippen LogP contribution in [0.4, 0.5) is 11.4 Å². The van der Waals surface area contributed by atoms with Gasteiger partial charge in [0.1, 0.15) is 12.1 Å².